The average molecular weight is 290 g/mol. The molecular formula is C14H21F3N2O. The van der Waals surface area contributed by atoms with E-state index in [0.29, 0.717) is 13.2 Å². The van der Waals surface area contributed by atoms with E-state index >= 15 is 0 Å². The lowest BCUT2D eigenvalue weighted by molar-refractivity contribution is -0.136. The van der Waals surface area contributed by atoms with Gasteiger partial charge in [0.15, 0.2) is 0 Å². The highest BCUT2D eigenvalue weighted by Crippen LogP contribution is 2.36. The van der Waals surface area contributed by atoms with Crippen LogP contribution in [0, 0.1) is 5.41 Å². The van der Waals surface area contributed by atoms with Crippen molar-refractivity contribution in [3.63, 3.8) is 0 Å². The van der Waals surface area contributed by atoms with Gasteiger partial charge in [0.25, 0.3) is 0 Å². The molecule has 0 radical (unpaired) electrons. The summed E-state index contributed by atoms with van der Waals surface area (Å²) in [6.07, 6.45) is -3.67. The highest BCUT2D eigenvalue weighted by atomic mass is 19.4. The Balaban J connectivity index is 2.83. The molecule has 0 bridgehead atoms. The van der Waals surface area contributed by atoms with Crippen molar-refractivity contribution in [3.8, 4) is 0 Å². The van der Waals surface area contributed by atoms with E-state index in [1.807, 2.05) is 13.8 Å². The Bertz CT molecular complexity index is 445. The van der Waals surface area contributed by atoms with Gasteiger partial charge < -0.3 is 15.8 Å². The summed E-state index contributed by atoms with van der Waals surface area (Å²) in [6.45, 7) is 4.94. The molecule has 0 aromatic heterocycles. The smallest absolute Gasteiger partial charge is 0.399 e. The highest BCUT2D eigenvalue weighted by Gasteiger charge is 2.34. The van der Waals surface area contributed by atoms with E-state index < -0.39 is 11.7 Å². The molecule has 0 spiro atoms. The second kappa shape index (κ2) is 6.35. The maximum absolute atomic E-state index is 12.9. The number of hydrogen-bond donors (Lipinski definition) is 2. The molecule has 0 saturated heterocycles. The van der Waals surface area contributed by atoms with Gasteiger partial charge in [-0.1, -0.05) is 13.8 Å². The van der Waals surface area contributed by atoms with E-state index in [0.717, 1.165) is 12.5 Å². The fourth-order valence-corrected chi connectivity index (χ4v) is 1.75. The van der Waals surface area contributed by atoms with Crippen molar-refractivity contribution in [1.82, 2.24) is 0 Å². The van der Waals surface area contributed by atoms with Crippen LogP contribution in [-0.2, 0) is 10.9 Å². The first-order valence-corrected chi connectivity index (χ1v) is 6.35. The molecule has 0 unspecified atom stereocenters. The number of hydrogen-bond acceptors (Lipinski definition) is 3. The van der Waals surface area contributed by atoms with Crippen LogP contribution in [0.3, 0.4) is 0 Å². The van der Waals surface area contributed by atoms with Crippen molar-refractivity contribution < 1.29 is 17.9 Å². The van der Waals surface area contributed by atoms with Gasteiger partial charge in [-0.15, -0.1) is 0 Å². The molecule has 114 valence electrons. The van der Waals surface area contributed by atoms with Gasteiger partial charge in [-0.05, 0) is 30.0 Å². The molecular weight excluding hydrogens is 269 g/mol. The monoisotopic (exact) mass is 290 g/mol. The van der Waals surface area contributed by atoms with Gasteiger partial charge in [0.1, 0.15) is 0 Å². The Morgan fingerprint density at radius 1 is 1.25 bits per heavy atom. The number of alkyl halides is 3. The Morgan fingerprint density at radius 2 is 1.90 bits per heavy atom. The largest absolute Gasteiger partial charge is 0.418 e. The number of nitrogens with one attached hydrogen (secondary N) is 1. The molecule has 20 heavy (non-hydrogen) atoms. The summed E-state index contributed by atoms with van der Waals surface area (Å²) < 4.78 is 43.8. The van der Waals surface area contributed by atoms with Crippen molar-refractivity contribution in [2.45, 2.75) is 26.4 Å². The van der Waals surface area contributed by atoms with E-state index in [4.69, 9.17) is 10.5 Å². The molecule has 0 aliphatic rings. The van der Waals surface area contributed by atoms with E-state index in [2.05, 4.69) is 5.32 Å². The van der Waals surface area contributed by atoms with Gasteiger partial charge in [0, 0.05) is 31.6 Å². The van der Waals surface area contributed by atoms with Crippen LogP contribution < -0.4 is 11.1 Å². The minimum absolute atomic E-state index is 0.0530. The lowest BCUT2D eigenvalue weighted by atomic mass is 9.89. The molecule has 1 rings (SSSR count). The molecule has 0 heterocycles. The normalized spacial score (nSPS) is 12.5. The summed E-state index contributed by atoms with van der Waals surface area (Å²) in [7, 11) is 1.60. The fraction of sp³-hybridized carbons (Fsp3) is 0.571. The molecule has 6 heteroatoms. The van der Waals surface area contributed by atoms with Crippen LogP contribution >= 0.6 is 0 Å². The molecule has 1 aromatic carbocycles. The number of halogens is 3. The predicted octanol–water partition coefficient (Wildman–Crippen LogP) is 3.76. The molecule has 0 fully saturated rings. The zero-order valence-corrected chi connectivity index (χ0v) is 12.0. The highest BCUT2D eigenvalue weighted by molar-refractivity contribution is 5.59. The third-order valence-electron chi connectivity index (χ3n) is 3.09. The number of rotatable bonds is 6. The van der Waals surface area contributed by atoms with E-state index in [1.54, 1.807) is 7.11 Å². The number of nitrogens with two attached hydrogens (primary N) is 1. The van der Waals surface area contributed by atoms with Crippen LogP contribution in [0.15, 0.2) is 18.2 Å². The van der Waals surface area contributed by atoms with Gasteiger partial charge in [-0.3, -0.25) is 0 Å². The zero-order valence-electron chi connectivity index (χ0n) is 12.0. The fourth-order valence-electron chi connectivity index (χ4n) is 1.75. The van der Waals surface area contributed by atoms with Gasteiger partial charge in [0.05, 0.1) is 5.56 Å². The first kappa shape index (κ1) is 16.6. The van der Waals surface area contributed by atoms with Crippen LogP contribution in [0.25, 0.3) is 0 Å². The first-order valence-electron chi connectivity index (χ1n) is 6.35. The number of benzene rings is 1. The van der Waals surface area contributed by atoms with E-state index in [1.165, 1.54) is 12.1 Å². The molecule has 0 aliphatic heterocycles. The third kappa shape index (κ3) is 4.92. The molecule has 0 saturated carbocycles. The Labute approximate surface area is 117 Å². The van der Waals surface area contributed by atoms with Crippen molar-refractivity contribution in [3.05, 3.63) is 23.8 Å². The maximum Gasteiger partial charge on any atom is 0.418 e. The third-order valence-corrected chi connectivity index (χ3v) is 3.09. The second-order valence-corrected chi connectivity index (χ2v) is 5.56. The van der Waals surface area contributed by atoms with E-state index in [-0.39, 0.29) is 16.8 Å². The molecule has 0 amide bonds. The number of anilines is 2. The van der Waals surface area contributed by atoms with Gasteiger partial charge >= 0.3 is 6.18 Å². The lowest BCUT2D eigenvalue weighted by Gasteiger charge is -2.26. The van der Waals surface area contributed by atoms with Crippen LogP contribution in [0.2, 0.25) is 0 Å². The van der Waals surface area contributed by atoms with Gasteiger partial charge in [-0.2, -0.15) is 13.2 Å². The quantitative estimate of drug-likeness (QED) is 0.784. The van der Waals surface area contributed by atoms with Crippen molar-refractivity contribution >= 4 is 11.4 Å². The summed E-state index contributed by atoms with van der Waals surface area (Å²) in [5, 5.41) is 2.87. The summed E-state index contributed by atoms with van der Waals surface area (Å²) in [5.74, 6) is 0. The molecule has 0 atom stereocenters. The van der Waals surface area contributed by atoms with Gasteiger partial charge in [0.2, 0.25) is 0 Å². The minimum Gasteiger partial charge on any atom is -0.399 e. The van der Waals surface area contributed by atoms with Crippen LogP contribution in [0.4, 0.5) is 24.5 Å². The predicted molar refractivity (Wildman–Crippen MR) is 74.6 cm³/mol. The SMILES string of the molecule is COCCC(C)(C)CNc1ccc(N)cc1C(F)(F)F. The van der Waals surface area contributed by atoms with Crippen LogP contribution in [-0.4, -0.2) is 20.3 Å². The molecule has 1 aromatic rings. The zero-order chi connectivity index (χ0) is 15.4. The number of nitrogen functional groups attached to an aromatic ring is 1. The van der Waals surface area contributed by atoms with E-state index in [9.17, 15) is 13.2 Å². The standard InChI is InChI=1S/C14H21F3N2O/c1-13(2,6-7-20-3)9-19-12-5-4-10(18)8-11(12)14(15,16)17/h4-5,8,19H,6-7,9,18H2,1-3H3. The lowest BCUT2D eigenvalue weighted by Crippen LogP contribution is -2.25. The van der Waals surface area contributed by atoms with Crippen molar-refractivity contribution in [2.24, 2.45) is 5.41 Å². The Morgan fingerprint density at radius 3 is 2.45 bits per heavy atom. The topological polar surface area (TPSA) is 47.3 Å². The average Bonchev–Trinajstić information content (AvgIpc) is 2.34. The molecule has 3 N–H and O–H groups in total. The summed E-state index contributed by atoms with van der Waals surface area (Å²) >= 11 is 0. The molecule has 0 aliphatic carbocycles. The van der Waals surface area contributed by atoms with Gasteiger partial charge in [-0.25, -0.2) is 0 Å². The minimum atomic E-state index is -4.42. The van der Waals surface area contributed by atoms with Crippen molar-refractivity contribution in [2.75, 3.05) is 31.3 Å². The Hall–Kier alpha value is -1.43. The summed E-state index contributed by atoms with van der Waals surface area (Å²) in [5.41, 5.74) is 4.68. The van der Waals surface area contributed by atoms with Crippen LogP contribution in [0.1, 0.15) is 25.8 Å². The second-order valence-electron chi connectivity index (χ2n) is 5.56. The van der Waals surface area contributed by atoms with Crippen LogP contribution in [0.5, 0.6) is 0 Å². The summed E-state index contributed by atoms with van der Waals surface area (Å²) in [4.78, 5) is 0. The number of ether oxygens (including phenoxy) is 1. The number of methoxy groups -OCH3 is 1. The Kier molecular flexibility index (Phi) is 5.28. The summed E-state index contributed by atoms with van der Waals surface area (Å²) in [6, 6.07) is 3.77. The maximum atomic E-state index is 12.9. The first-order chi connectivity index (χ1) is 9.15. The van der Waals surface area contributed by atoms with Crippen molar-refractivity contribution in [1.29, 1.82) is 0 Å². The molecule has 3 nitrogen and oxygen atoms in total.